The van der Waals surface area contributed by atoms with Crippen molar-refractivity contribution in [1.29, 1.82) is 0 Å². The third kappa shape index (κ3) is 3.19. The monoisotopic (exact) mass is 258 g/mol. The summed E-state index contributed by atoms with van der Waals surface area (Å²) in [5.74, 6) is -0.772. The molecule has 0 saturated carbocycles. The van der Waals surface area contributed by atoms with E-state index >= 15 is 0 Å². The Kier molecular flexibility index (Phi) is 3.61. The van der Waals surface area contributed by atoms with Gasteiger partial charge in [0.05, 0.1) is 11.9 Å². The predicted molar refractivity (Wildman–Crippen MR) is 71.9 cm³/mol. The van der Waals surface area contributed by atoms with Crippen LogP contribution in [0, 0.1) is 6.92 Å². The van der Waals surface area contributed by atoms with E-state index in [1.165, 1.54) is 12.3 Å². The fourth-order valence-corrected chi connectivity index (χ4v) is 1.57. The van der Waals surface area contributed by atoms with Crippen molar-refractivity contribution < 1.29 is 9.90 Å². The Morgan fingerprint density at radius 2 is 2.16 bits per heavy atom. The number of nitrogens with two attached hydrogens (primary N) is 1. The molecule has 0 radical (unpaired) electrons. The van der Waals surface area contributed by atoms with Crippen molar-refractivity contribution in [2.75, 3.05) is 11.1 Å². The Bertz CT molecular complexity index is 596. The Morgan fingerprint density at radius 1 is 1.37 bits per heavy atom. The van der Waals surface area contributed by atoms with Crippen LogP contribution >= 0.6 is 0 Å². The highest BCUT2D eigenvalue weighted by molar-refractivity contribution is 5.94. The van der Waals surface area contributed by atoms with E-state index in [1.807, 2.05) is 19.1 Å². The number of aromatic carboxylic acids is 1. The number of nitrogens with one attached hydrogen (secondary N) is 1. The van der Waals surface area contributed by atoms with Crippen LogP contribution in [0.2, 0.25) is 0 Å². The second-order valence-electron chi connectivity index (χ2n) is 4.13. The molecule has 2 aromatic heterocycles. The zero-order chi connectivity index (χ0) is 13.8. The van der Waals surface area contributed by atoms with E-state index < -0.39 is 5.97 Å². The van der Waals surface area contributed by atoms with Gasteiger partial charge in [-0.2, -0.15) is 0 Å². The highest BCUT2D eigenvalue weighted by Gasteiger charge is 2.11. The number of aromatic nitrogens is 2. The van der Waals surface area contributed by atoms with Crippen LogP contribution in [-0.2, 0) is 6.54 Å². The summed E-state index contributed by atoms with van der Waals surface area (Å²) in [6.45, 7) is 2.35. The molecule has 0 aliphatic heterocycles. The van der Waals surface area contributed by atoms with E-state index in [0.717, 1.165) is 11.3 Å². The van der Waals surface area contributed by atoms with Crippen molar-refractivity contribution in [2.45, 2.75) is 13.5 Å². The minimum Gasteiger partial charge on any atom is -0.478 e. The van der Waals surface area contributed by atoms with Crippen molar-refractivity contribution in [3.63, 3.8) is 0 Å². The molecule has 0 saturated heterocycles. The summed E-state index contributed by atoms with van der Waals surface area (Å²) in [7, 11) is 0. The molecule has 2 heterocycles. The molecule has 4 N–H and O–H groups in total. The lowest BCUT2D eigenvalue weighted by molar-refractivity contribution is 0.0697. The maximum Gasteiger partial charge on any atom is 0.339 e. The standard InChI is InChI=1S/C13H14N4O2/c1-8-2-3-9(5-15-8)6-16-12-11(13(18)19)4-10(14)7-17-12/h2-5,7H,6,14H2,1H3,(H,16,17)(H,18,19). The van der Waals surface area contributed by atoms with Crippen molar-refractivity contribution >= 4 is 17.5 Å². The number of carboxylic acids is 1. The van der Waals surface area contributed by atoms with Gasteiger partial charge in [0.2, 0.25) is 0 Å². The van der Waals surface area contributed by atoms with E-state index in [2.05, 4.69) is 15.3 Å². The summed E-state index contributed by atoms with van der Waals surface area (Å²) in [5.41, 5.74) is 7.78. The highest BCUT2D eigenvalue weighted by Crippen LogP contribution is 2.16. The largest absolute Gasteiger partial charge is 0.478 e. The third-order valence-electron chi connectivity index (χ3n) is 2.57. The second-order valence-corrected chi connectivity index (χ2v) is 4.13. The van der Waals surface area contributed by atoms with Crippen molar-refractivity contribution in [3.8, 4) is 0 Å². The number of hydrogen-bond donors (Lipinski definition) is 3. The number of anilines is 2. The van der Waals surface area contributed by atoms with Crippen LogP contribution in [0.3, 0.4) is 0 Å². The molecule has 6 heteroatoms. The summed E-state index contributed by atoms with van der Waals surface area (Å²) in [6, 6.07) is 5.20. The highest BCUT2D eigenvalue weighted by atomic mass is 16.4. The number of aryl methyl sites for hydroxylation is 1. The molecule has 0 aliphatic carbocycles. The molecule has 2 aromatic rings. The maximum atomic E-state index is 11.1. The van der Waals surface area contributed by atoms with E-state index in [0.29, 0.717) is 18.1 Å². The smallest absolute Gasteiger partial charge is 0.339 e. The number of hydrogen-bond acceptors (Lipinski definition) is 5. The Hall–Kier alpha value is -2.63. The van der Waals surface area contributed by atoms with Gasteiger partial charge < -0.3 is 16.2 Å². The van der Waals surface area contributed by atoms with E-state index in [-0.39, 0.29) is 5.56 Å². The van der Waals surface area contributed by atoms with Gasteiger partial charge in [0.25, 0.3) is 0 Å². The summed E-state index contributed by atoms with van der Waals surface area (Å²) in [5, 5.41) is 12.0. The van der Waals surface area contributed by atoms with Gasteiger partial charge in [-0.15, -0.1) is 0 Å². The lowest BCUT2D eigenvalue weighted by Gasteiger charge is -2.09. The van der Waals surface area contributed by atoms with Gasteiger partial charge in [0, 0.05) is 18.4 Å². The third-order valence-corrected chi connectivity index (χ3v) is 2.57. The summed E-state index contributed by atoms with van der Waals surface area (Å²) in [4.78, 5) is 19.2. The molecular weight excluding hydrogens is 244 g/mol. The topological polar surface area (TPSA) is 101 Å². The average molecular weight is 258 g/mol. The average Bonchev–Trinajstić information content (AvgIpc) is 2.39. The molecule has 6 nitrogen and oxygen atoms in total. The number of carboxylic acid groups (broad SMARTS) is 1. The first-order valence-corrected chi connectivity index (χ1v) is 5.70. The SMILES string of the molecule is Cc1ccc(CNc2ncc(N)cc2C(=O)O)cn1. The molecule has 0 bridgehead atoms. The molecular formula is C13H14N4O2. The van der Waals surface area contributed by atoms with E-state index in [9.17, 15) is 4.79 Å². The van der Waals surface area contributed by atoms with Crippen LogP contribution in [0.1, 0.15) is 21.6 Å². The first-order valence-electron chi connectivity index (χ1n) is 5.70. The number of rotatable bonds is 4. The van der Waals surface area contributed by atoms with Crippen molar-refractivity contribution in [2.24, 2.45) is 0 Å². The second kappa shape index (κ2) is 5.34. The maximum absolute atomic E-state index is 11.1. The van der Waals surface area contributed by atoms with Crippen LogP contribution in [0.15, 0.2) is 30.6 Å². The molecule has 0 aromatic carbocycles. The normalized spacial score (nSPS) is 10.2. The van der Waals surface area contributed by atoms with Crippen LogP contribution in [0.25, 0.3) is 0 Å². The molecule has 19 heavy (non-hydrogen) atoms. The molecule has 0 amide bonds. The van der Waals surface area contributed by atoms with E-state index in [1.54, 1.807) is 6.20 Å². The van der Waals surface area contributed by atoms with Gasteiger partial charge in [0.1, 0.15) is 11.4 Å². The van der Waals surface area contributed by atoms with Crippen molar-refractivity contribution in [3.05, 3.63) is 47.4 Å². The number of nitrogen functional groups attached to an aromatic ring is 1. The van der Waals surface area contributed by atoms with Gasteiger partial charge in [0.15, 0.2) is 0 Å². The zero-order valence-electron chi connectivity index (χ0n) is 10.4. The van der Waals surface area contributed by atoms with Gasteiger partial charge in [-0.1, -0.05) is 6.07 Å². The first-order chi connectivity index (χ1) is 9.06. The van der Waals surface area contributed by atoms with Crippen LogP contribution in [0.5, 0.6) is 0 Å². The lowest BCUT2D eigenvalue weighted by Crippen LogP contribution is -2.09. The minimum atomic E-state index is -1.07. The molecule has 0 aliphatic rings. The predicted octanol–water partition coefficient (Wildman–Crippen LogP) is 1.68. The van der Waals surface area contributed by atoms with Crippen LogP contribution in [0.4, 0.5) is 11.5 Å². The Balaban J connectivity index is 2.15. The molecule has 98 valence electrons. The van der Waals surface area contributed by atoms with Crippen LogP contribution < -0.4 is 11.1 Å². The number of pyridine rings is 2. The number of carbonyl (C=O) groups is 1. The van der Waals surface area contributed by atoms with Crippen molar-refractivity contribution in [1.82, 2.24) is 9.97 Å². The van der Waals surface area contributed by atoms with E-state index in [4.69, 9.17) is 10.8 Å². The number of nitrogens with zero attached hydrogens (tertiary/aromatic N) is 2. The minimum absolute atomic E-state index is 0.0556. The van der Waals surface area contributed by atoms with Gasteiger partial charge in [-0.25, -0.2) is 9.78 Å². The zero-order valence-corrected chi connectivity index (χ0v) is 10.4. The van der Waals surface area contributed by atoms with Gasteiger partial charge in [-0.3, -0.25) is 4.98 Å². The molecule has 0 unspecified atom stereocenters. The molecule has 0 spiro atoms. The summed E-state index contributed by atoms with van der Waals surface area (Å²) in [6.07, 6.45) is 3.15. The Labute approximate surface area is 110 Å². The fourth-order valence-electron chi connectivity index (χ4n) is 1.57. The van der Waals surface area contributed by atoms with Crippen LogP contribution in [-0.4, -0.2) is 21.0 Å². The van der Waals surface area contributed by atoms with Gasteiger partial charge in [-0.05, 0) is 24.6 Å². The van der Waals surface area contributed by atoms with Gasteiger partial charge >= 0.3 is 5.97 Å². The summed E-state index contributed by atoms with van der Waals surface area (Å²) < 4.78 is 0. The summed E-state index contributed by atoms with van der Waals surface area (Å²) >= 11 is 0. The quantitative estimate of drug-likeness (QED) is 0.771. The first kappa shape index (κ1) is 12.8. The molecule has 0 fully saturated rings. The molecule has 2 rings (SSSR count). The molecule has 0 atom stereocenters. The fraction of sp³-hybridized carbons (Fsp3) is 0.154. The lowest BCUT2D eigenvalue weighted by atomic mass is 10.2. The Morgan fingerprint density at radius 3 is 2.79 bits per heavy atom.